The first-order chi connectivity index (χ1) is 11.3. The first-order valence-corrected chi connectivity index (χ1v) is 7.91. The van der Waals surface area contributed by atoms with Crippen molar-refractivity contribution >= 4 is 22.8 Å². The monoisotopic (exact) mass is 345 g/mol. The number of fused-ring (bicyclic) bond motifs is 2. The first kappa shape index (κ1) is 15.3. The van der Waals surface area contributed by atoms with Gasteiger partial charge in [-0.05, 0) is 26.0 Å². The molecule has 0 amide bonds. The highest BCUT2D eigenvalue weighted by atomic mass is 35.5. The molecule has 0 radical (unpaired) electrons. The molecular formula is C18H14ClF2N3. The second-order valence-electron chi connectivity index (χ2n) is 6.34. The summed E-state index contributed by atoms with van der Waals surface area (Å²) in [6, 6.07) is 11.9. The number of aliphatic imine (C=N–C) groups is 1. The summed E-state index contributed by atoms with van der Waals surface area (Å²) in [5.41, 5.74) is 0.797. The molecule has 0 saturated carbocycles. The maximum absolute atomic E-state index is 14.8. The molecule has 0 fully saturated rings. The predicted octanol–water partition coefficient (Wildman–Crippen LogP) is 4.71. The van der Waals surface area contributed by atoms with Crippen molar-refractivity contribution in [3.05, 3.63) is 70.5 Å². The highest BCUT2D eigenvalue weighted by Crippen LogP contribution is 2.46. The summed E-state index contributed by atoms with van der Waals surface area (Å²) >= 11 is 6.15. The molecule has 4 rings (SSSR count). The summed E-state index contributed by atoms with van der Waals surface area (Å²) in [5, 5.41) is 4.72. The average molecular weight is 346 g/mol. The number of rotatable bonds is 1. The van der Waals surface area contributed by atoms with Gasteiger partial charge in [0.1, 0.15) is 10.7 Å². The van der Waals surface area contributed by atoms with Crippen LogP contribution in [0.2, 0.25) is 5.15 Å². The van der Waals surface area contributed by atoms with Crippen LogP contribution in [0.3, 0.4) is 0 Å². The Hall–Kier alpha value is -2.27. The summed E-state index contributed by atoms with van der Waals surface area (Å²) in [4.78, 5) is 4.40. The van der Waals surface area contributed by atoms with Gasteiger partial charge < -0.3 is 0 Å². The highest BCUT2D eigenvalue weighted by Gasteiger charge is 2.52. The number of nitrogens with zero attached hydrogens (tertiary/aromatic N) is 3. The summed E-state index contributed by atoms with van der Waals surface area (Å²) < 4.78 is 31.2. The molecule has 2 aromatic heterocycles. The van der Waals surface area contributed by atoms with Gasteiger partial charge in [-0.3, -0.25) is 4.99 Å². The molecule has 3 aromatic rings. The van der Waals surface area contributed by atoms with Gasteiger partial charge in [0, 0.05) is 16.7 Å². The van der Waals surface area contributed by atoms with E-state index in [9.17, 15) is 8.78 Å². The second-order valence-corrected chi connectivity index (χ2v) is 6.73. The molecule has 0 aliphatic carbocycles. The van der Waals surface area contributed by atoms with E-state index in [2.05, 4.69) is 10.1 Å². The molecule has 0 atom stereocenters. The SMILES string of the molecule is CC1(C)N=C(c2cnn3c(Cl)cccc23)c2ccccc2C1(F)F. The third kappa shape index (κ3) is 1.94. The number of alkyl halides is 2. The lowest BCUT2D eigenvalue weighted by Crippen LogP contribution is -2.44. The van der Waals surface area contributed by atoms with Crippen LogP contribution in [0.15, 0.2) is 53.7 Å². The van der Waals surface area contributed by atoms with Crippen molar-refractivity contribution in [2.24, 2.45) is 4.99 Å². The Labute approximate surface area is 142 Å². The molecule has 0 N–H and O–H groups in total. The largest absolute Gasteiger partial charge is 0.297 e. The van der Waals surface area contributed by atoms with E-state index in [1.165, 1.54) is 19.9 Å². The quantitative estimate of drug-likeness (QED) is 0.587. The average Bonchev–Trinajstić information content (AvgIpc) is 2.97. The molecule has 0 unspecified atom stereocenters. The molecular weight excluding hydrogens is 332 g/mol. The normalized spacial score (nSPS) is 18.3. The van der Waals surface area contributed by atoms with Crippen molar-refractivity contribution in [1.29, 1.82) is 0 Å². The van der Waals surface area contributed by atoms with Gasteiger partial charge in [0.25, 0.3) is 5.92 Å². The van der Waals surface area contributed by atoms with Gasteiger partial charge in [-0.2, -0.15) is 13.9 Å². The maximum Gasteiger partial charge on any atom is 0.297 e. The van der Waals surface area contributed by atoms with Gasteiger partial charge >= 0.3 is 0 Å². The van der Waals surface area contributed by atoms with Crippen LogP contribution in [-0.2, 0) is 5.92 Å². The number of pyridine rings is 1. The molecule has 0 bridgehead atoms. The number of hydrogen-bond acceptors (Lipinski definition) is 2. The van der Waals surface area contributed by atoms with Crippen LogP contribution in [0.25, 0.3) is 5.52 Å². The van der Waals surface area contributed by atoms with Crippen molar-refractivity contribution in [2.75, 3.05) is 0 Å². The first-order valence-electron chi connectivity index (χ1n) is 7.53. The van der Waals surface area contributed by atoms with Gasteiger partial charge in [-0.15, -0.1) is 0 Å². The van der Waals surface area contributed by atoms with Gasteiger partial charge in [-0.25, -0.2) is 4.52 Å². The van der Waals surface area contributed by atoms with Crippen LogP contribution in [0, 0.1) is 0 Å². The van der Waals surface area contributed by atoms with E-state index in [-0.39, 0.29) is 5.56 Å². The zero-order valence-electron chi connectivity index (χ0n) is 13.1. The number of halogens is 3. The second kappa shape index (κ2) is 4.86. The van der Waals surface area contributed by atoms with E-state index in [1.54, 1.807) is 41.0 Å². The fourth-order valence-electron chi connectivity index (χ4n) is 3.07. The molecule has 24 heavy (non-hydrogen) atoms. The Morgan fingerprint density at radius 1 is 1.00 bits per heavy atom. The van der Waals surface area contributed by atoms with Crippen molar-refractivity contribution < 1.29 is 8.78 Å². The molecule has 3 heterocycles. The Morgan fingerprint density at radius 2 is 1.75 bits per heavy atom. The lowest BCUT2D eigenvalue weighted by Gasteiger charge is -2.37. The Balaban J connectivity index is 2.04. The summed E-state index contributed by atoms with van der Waals surface area (Å²) in [6.07, 6.45) is 1.62. The molecule has 1 aromatic carbocycles. The minimum Gasteiger partial charge on any atom is -0.271 e. The zero-order chi connectivity index (χ0) is 17.1. The van der Waals surface area contributed by atoms with Crippen LogP contribution in [0.4, 0.5) is 8.78 Å². The van der Waals surface area contributed by atoms with Gasteiger partial charge in [0.2, 0.25) is 0 Å². The van der Waals surface area contributed by atoms with Gasteiger partial charge in [0.15, 0.2) is 0 Å². The lowest BCUT2D eigenvalue weighted by molar-refractivity contribution is -0.0681. The van der Waals surface area contributed by atoms with E-state index in [1.807, 2.05) is 6.07 Å². The van der Waals surface area contributed by atoms with E-state index in [4.69, 9.17) is 11.6 Å². The zero-order valence-corrected chi connectivity index (χ0v) is 13.9. The van der Waals surface area contributed by atoms with E-state index < -0.39 is 11.5 Å². The summed E-state index contributed by atoms with van der Waals surface area (Å²) in [5.74, 6) is -3.05. The van der Waals surface area contributed by atoms with Crippen LogP contribution >= 0.6 is 11.6 Å². The third-order valence-electron chi connectivity index (χ3n) is 4.43. The molecule has 6 heteroatoms. The predicted molar refractivity (Wildman–Crippen MR) is 90.3 cm³/mol. The fourth-order valence-corrected chi connectivity index (χ4v) is 3.28. The third-order valence-corrected chi connectivity index (χ3v) is 4.72. The minimum absolute atomic E-state index is 0.0126. The molecule has 0 saturated heterocycles. The smallest absolute Gasteiger partial charge is 0.271 e. The summed E-state index contributed by atoms with van der Waals surface area (Å²) in [6.45, 7) is 2.89. The topological polar surface area (TPSA) is 29.7 Å². The van der Waals surface area contributed by atoms with E-state index in [0.29, 0.717) is 22.0 Å². The molecule has 3 nitrogen and oxygen atoms in total. The minimum atomic E-state index is -3.05. The van der Waals surface area contributed by atoms with Crippen LogP contribution in [0.1, 0.15) is 30.5 Å². The standard InChI is InChI=1S/C18H14ClF2N3/c1-17(2)18(20,21)13-7-4-3-6-11(13)16(23-17)12-10-22-24-14(12)8-5-9-15(24)19/h3-10H,1-2H3. The Morgan fingerprint density at radius 3 is 2.54 bits per heavy atom. The van der Waals surface area contributed by atoms with Gasteiger partial charge in [0.05, 0.1) is 17.4 Å². The van der Waals surface area contributed by atoms with Gasteiger partial charge in [-0.1, -0.05) is 41.9 Å². The van der Waals surface area contributed by atoms with Crippen LogP contribution in [-0.4, -0.2) is 20.9 Å². The van der Waals surface area contributed by atoms with Crippen molar-refractivity contribution in [3.63, 3.8) is 0 Å². The Kier molecular flexibility index (Phi) is 3.09. The number of aromatic nitrogens is 2. The molecule has 122 valence electrons. The highest BCUT2D eigenvalue weighted by molar-refractivity contribution is 6.30. The molecule has 0 spiro atoms. The number of hydrogen-bond donors (Lipinski definition) is 0. The molecule has 1 aliphatic heterocycles. The van der Waals surface area contributed by atoms with E-state index in [0.717, 1.165) is 5.52 Å². The van der Waals surface area contributed by atoms with E-state index >= 15 is 0 Å². The Bertz CT molecular complexity index is 989. The fraction of sp³-hybridized carbons (Fsp3) is 0.222. The lowest BCUT2D eigenvalue weighted by atomic mass is 9.82. The van der Waals surface area contributed by atoms with Crippen molar-refractivity contribution in [1.82, 2.24) is 9.61 Å². The van der Waals surface area contributed by atoms with Crippen LogP contribution in [0.5, 0.6) is 0 Å². The summed E-state index contributed by atoms with van der Waals surface area (Å²) in [7, 11) is 0. The van der Waals surface area contributed by atoms with Crippen molar-refractivity contribution in [3.8, 4) is 0 Å². The molecule has 1 aliphatic rings. The van der Waals surface area contributed by atoms with Crippen LogP contribution < -0.4 is 0 Å². The van der Waals surface area contributed by atoms with Crippen molar-refractivity contribution in [2.45, 2.75) is 25.3 Å². The maximum atomic E-state index is 14.8. The number of benzene rings is 1.